The van der Waals surface area contributed by atoms with Crippen molar-refractivity contribution in [2.75, 3.05) is 0 Å². The largest absolute Gasteiger partial charge is 0.543 e. The topological polar surface area (TPSA) is 71.1 Å². The quantitative estimate of drug-likeness (QED) is 0.369. The SMILES string of the molecule is CC(C)(C)c1ccc(C(=O)OOOC(=O)OC2CCC(C(C)(C)C)CC2)cc1. The van der Waals surface area contributed by atoms with Gasteiger partial charge in [-0.2, -0.15) is 0 Å². The van der Waals surface area contributed by atoms with E-state index in [4.69, 9.17) is 4.74 Å². The van der Waals surface area contributed by atoms with Gasteiger partial charge in [-0.05, 0) is 60.1 Å². The highest BCUT2D eigenvalue weighted by molar-refractivity contribution is 5.88. The van der Waals surface area contributed by atoms with Gasteiger partial charge in [-0.1, -0.05) is 53.7 Å². The molecule has 6 heteroatoms. The van der Waals surface area contributed by atoms with E-state index in [0.29, 0.717) is 11.5 Å². The highest BCUT2D eigenvalue weighted by atomic mass is 17.5. The van der Waals surface area contributed by atoms with E-state index in [2.05, 4.69) is 56.4 Å². The Bertz CT molecular complexity index is 658. The number of carbonyl (C=O) groups excluding carboxylic acids is 2. The van der Waals surface area contributed by atoms with Crippen LogP contribution in [0.15, 0.2) is 24.3 Å². The maximum absolute atomic E-state index is 11.9. The molecule has 0 radical (unpaired) electrons. The Hall–Kier alpha value is -2.08. The monoisotopic (exact) mass is 392 g/mol. The number of hydrogen-bond donors (Lipinski definition) is 0. The Morgan fingerprint density at radius 1 is 0.857 bits per heavy atom. The molecule has 0 heterocycles. The maximum atomic E-state index is 11.9. The molecule has 1 aliphatic rings. The molecule has 156 valence electrons. The van der Waals surface area contributed by atoms with E-state index >= 15 is 0 Å². The fourth-order valence-corrected chi connectivity index (χ4v) is 3.43. The minimum atomic E-state index is -1.00. The fourth-order valence-electron chi connectivity index (χ4n) is 3.43. The molecule has 0 bridgehead atoms. The smallest absolute Gasteiger partial charge is 0.429 e. The summed E-state index contributed by atoms with van der Waals surface area (Å²) < 4.78 is 5.22. The second kappa shape index (κ2) is 8.95. The molecule has 0 spiro atoms. The van der Waals surface area contributed by atoms with Crippen molar-refractivity contribution in [2.45, 2.75) is 78.7 Å². The molecule has 2 rings (SSSR count). The molecule has 0 atom stereocenters. The highest BCUT2D eigenvalue weighted by Crippen LogP contribution is 2.38. The molecule has 0 N–H and O–H groups in total. The normalized spacial score (nSPS) is 20.4. The van der Waals surface area contributed by atoms with Crippen molar-refractivity contribution >= 4 is 12.1 Å². The molecule has 28 heavy (non-hydrogen) atoms. The molecule has 0 saturated heterocycles. The van der Waals surface area contributed by atoms with Crippen LogP contribution in [0, 0.1) is 11.3 Å². The van der Waals surface area contributed by atoms with Crippen molar-refractivity contribution in [1.82, 2.24) is 0 Å². The zero-order valence-corrected chi connectivity index (χ0v) is 17.7. The standard InChI is InChI=1S/C22H32O6/c1-21(2,3)16-9-7-15(8-10-16)19(23)26-28-27-20(24)25-18-13-11-17(12-14-18)22(4,5)6/h7-10,17-18H,11-14H2,1-6H3. The van der Waals surface area contributed by atoms with E-state index in [9.17, 15) is 9.59 Å². The van der Waals surface area contributed by atoms with Crippen molar-refractivity contribution in [3.05, 3.63) is 35.4 Å². The number of ether oxygens (including phenoxy) is 1. The van der Waals surface area contributed by atoms with Crippen LogP contribution < -0.4 is 0 Å². The summed E-state index contributed by atoms with van der Waals surface area (Å²) in [6.07, 6.45) is 2.38. The van der Waals surface area contributed by atoms with Gasteiger partial charge >= 0.3 is 12.1 Å². The Balaban J connectivity index is 1.70. The Morgan fingerprint density at radius 3 is 1.93 bits per heavy atom. The van der Waals surface area contributed by atoms with E-state index in [1.807, 2.05) is 12.1 Å². The second-order valence-electron chi connectivity index (χ2n) is 9.56. The van der Waals surface area contributed by atoms with Crippen LogP contribution in [-0.2, 0) is 25.0 Å². The lowest BCUT2D eigenvalue weighted by Gasteiger charge is -2.36. The van der Waals surface area contributed by atoms with Gasteiger partial charge in [0.1, 0.15) is 6.10 Å². The van der Waals surface area contributed by atoms with Crippen molar-refractivity contribution in [3.63, 3.8) is 0 Å². The average Bonchev–Trinajstić information content (AvgIpc) is 2.60. The first-order valence-corrected chi connectivity index (χ1v) is 9.83. The molecule has 0 aromatic heterocycles. The van der Waals surface area contributed by atoms with Crippen LogP contribution in [0.3, 0.4) is 0 Å². The molecule has 1 fully saturated rings. The van der Waals surface area contributed by atoms with Crippen molar-refractivity contribution in [3.8, 4) is 0 Å². The zero-order chi connectivity index (χ0) is 20.9. The summed E-state index contributed by atoms with van der Waals surface area (Å²) in [5, 5.41) is 4.30. The lowest BCUT2D eigenvalue weighted by Crippen LogP contribution is -2.30. The third-order valence-corrected chi connectivity index (χ3v) is 5.36. The van der Waals surface area contributed by atoms with Gasteiger partial charge in [0.05, 0.1) is 10.6 Å². The van der Waals surface area contributed by atoms with Crippen LogP contribution in [0.4, 0.5) is 4.79 Å². The molecule has 0 amide bonds. The van der Waals surface area contributed by atoms with E-state index in [1.54, 1.807) is 12.1 Å². The summed E-state index contributed by atoms with van der Waals surface area (Å²) in [5.41, 5.74) is 1.63. The van der Waals surface area contributed by atoms with Crippen molar-refractivity contribution in [1.29, 1.82) is 0 Å². The van der Waals surface area contributed by atoms with Gasteiger partial charge in [-0.25, -0.2) is 14.5 Å². The summed E-state index contributed by atoms with van der Waals surface area (Å²) in [4.78, 5) is 32.5. The maximum Gasteiger partial charge on any atom is 0.543 e. The Morgan fingerprint density at radius 2 is 1.43 bits per heavy atom. The van der Waals surface area contributed by atoms with Gasteiger partial charge in [-0.15, -0.1) is 0 Å². The Labute approximate surface area is 167 Å². The van der Waals surface area contributed by atoms with E-state index in [-0.39, 0.29) is 16.9 Å². The first kappa shape index (κ1) is 22.2. The Kier molecular flexibility index (Phi) is 7.10. The fraction of sp³-hybridized carbons (Fsp3) is 0.636. The molecule has 0 unspecified atom stereocenters. The van der Waals surface area contributed by atoms with E-state index in [1.165, 1.54) is 0 Å². The predicted molar refractivity (Wildman–Crippen MR) is 104 cm³/mol. The third-order valence-electron chi connectivity index (χ3n) is 5.36. The van der Waals surface area contributed by atoms with Crippen LogP contribution in [-0.4, -0.2) is 18.2 Å². The van der Waals surface area contributed by atoms with Crippen LogP contribution in [0.1, 0.15) is 83.1 Å². The summed E-state index contributed by atoms with van der Waals surface area (Å²) >= 11 is 0. The molecule has 0 aliphatic heterocycles. The van der Waals surface area contributed by atoms with Gasteiger partial charge in [0.2, 0.25) is 0 Å². The van der Waals surface area contributed by atoms with Crippen LogP contribution in [0.25, 0.3) is 0 Å². The van der Waals surface area contributed by atoms with Crippen LogP contribution in [0.5, 0.6) is 0 Å². The van der Waals surface area contributed by atoms with Gasteiger partial charge in [0, 0.05) is 0 Å². The van der Waals surface area contributed by atoms with E-state index < -0.39 is 12.1 Å². The molecular weight excluding hydrogens is 360 g/mol. The lowest BCUT2D eigenvalue weighted by atomic mass is 9.72. The number of benzene rings is 1. The third kappa shape index (κ3) is 6.51. The minimum Gasteiger partial charge on any atom is -0.429 e. The first-order valence-electron chi connectivity index (χ1n) is 9.83. The van der Waals surface area contributed by atoms with Gasteiger partial charge in [0.15, 0.2) is 0 Å². The molecule has 1 aromatic rings. The number of rotatable bonds is 4. The van der Waals surface area contributed by atoms with Crippen molar-refractivity contribution in [2.24, 2.45) is 11.3 Å². The molecule has 6 nitrogen and oxygen atoms in total. The molecular formula is C22H32O6. The lowest BCUT2D eigenvalue weighted by molar-refractivity contribution is -0.453. The molecule has 1 aliphatic carbocycles. The summed E-state index contributed by atoms with van der Waals surface area (Å²) in [7, 11) is 0. The number of hydrogen-bond acceptors (Lipinski definition) is 6. The molecule has 1 aromatic carbocycles. The van der Waals surface area contributed by atoms with Gasteiger partial charge < -0.3 is 4.74 Å². The summed E-state index contributed by atoms with van der Waals surface area (Å²) in [5.74, 6) is -0.135. The van der Waals surface area contributed by atoms with Crippen LogP contribution in [0.2, 0.25) is 0 Å². The highest BCUT2D eigenvalue weighted by Gasteiger charge is 2.31. The predicted octanol–water partition coefficient (Wildman–Crippen LogP) is 5.75. The molecule has 1 saturated carbocycles. The van der Waals surface area contributed by atoms with E-state index in [0.717, 1.165) is 31.2 Å². The zero-order valence-electron chi connectivity index (χ0n) is 17.7. The average molecular weight is 392 g/mol. The van der Waals surface area contributed by atoms with Gasteiger partial charge in [-0.3, -0.25) is 4.89 Å². The van der Waals surface area contributed by atoms with Crippen LogP contribution >= 0.6 is 0 Å². The number of carbonyl (C=O) groups is 2. The summed E-state index contributed by atoms with van der Waals surface area (Å²) in [6.45, 7) is 12.9. The second-order valence-corrected chi connectivity index (χ2v) is 9.56. The first-order chi connectivity index (χ1) is 13.0. The van der Waals surface area contributed by atoms with Gasteiger partial charge in [0.25, 0.3) is 0 Å². The van der Waals surface area contributed by atoms with Crippen molar-refractivity contribution < 1.29 is 29.1 Å². The minimum absolute atomic E-state index is 0.0160. The summed E-state index contributed by atoms with van der Waals surface area (Å²) in [6, 6.07) is 6.97.